The maximum Gasteiger partial charge on any atom is 0.335 e. The molecule has 2 N–H and O–H groups in total. The first-order chi connectivity index (χ1) is 14.6. The van der Waals surface area contributed by atoms with Gasteiger partial charge >= 0.3 is 5.97 Å². The number of para-hydroxylation sites is 1. The quantitative estimate of drug-likeness (QED) is 0.440. The summed E-state index contributed by atoms with van der Waals surface area (Å²) in [5, 5.41) is 13.0. The molecule has 3 rings (SSSR count). The number of nitrogens with one attached hydrogen (secondary N) is 1. The van der Waals surface area contributed by atoms with E-state index in [0.717, 1.165) is 5.56 Å². The number of carbonyl (C=O) groups excluding carboxylic acids is 1. The van der Waals surface area contributed by atoms with E-state index in [4.69, 9.17) is 14.6 Å². The highest BCUT2D eigenvalue weighted by molar-refractivity contribution is 5.95. The number of carbonyl (C=O) groups is 2. The highest BCUT2D eigenvalue weighted by atomic mass is 16.5. The lowest BCUT2D eigenvalue weighted by atomic mass is 10.1. The minimum atomic E-state index is -0.987. The van der Waals surface area contributed by atoms with Gasteiger partial charge in [-0.05, 0) is 42.0 Å². The van der Waals surface area contributed by atoms with E-state index < -0.39 is 5.97 Å². The monoisotopic (exact) mass is 405 g/mol. The van der Waals surface area contributed by atoms with Crippen molar-refractivity contribution >= 4 is 18.1 Å². The number of ether oxygens (including phenoxy) is 2. The summed E-state index contributed by atoms with van der Waals surface area (Å²) in [5.41, 5.74) is 4.42. The smallest absolute Gasteiger partial charge is 0.335 e. The molecular weight excluding hydrogens is 386 g/mol. The Balaban J connectivity index is 1.72. The van der Waals surface area contributed by atoms with Crippen LogP contribution in [0.4, 0.5) is 0 Å². The van der Waals surface area contributed by atoms with E-state index in [2.05, 4.69) is 15.5 Å². The highest BCUT2D eigenvalue weighted by Gasteiger charge is 2.11. The number of amides is 1. The van der Waals surface area contributed by atoms with Gasteiger partial charge in [-0.25, -0.2) is 10.2 Å². The van der Waals surface area contributed by atoms with Gasteiger partial charge in [-0.3, -0.25) is 9.78 Å². The van der Waals surface area contributed by atoms with Crippen molar-refractivity contribution in [3.05, 3.63) is 89.2 Å². The summed E-state index contributed by atoms with van der Waals surface area (Å²) in [6, 6.07) is 15.0. The molecule has 1 aromatic heterocycles. The van der Waals surface area contributed by atoms with Crippen LogP contribution in [0.25, 0.3) is 0 Å². The molecule has 152 valence electrons. The number of hydrogen-bond donors (Lipinski definition) is 2. The van der Waals surface area contributed by atoms with Gasteiger partial charge < -0.3 is 14.6 Å². The minimum absolute atomic E-state index is 0.198. The molecule has 0 unspecified atom stereocenters. The normalized spacial score (nSPS) is 10.6. The van der Waals surface area contributed by atoms with Crippen molar-refractivity contribution in [3.63, 3.8) is 0 Å². The van der Waals surface area contributed by atoms with E-state index in [-0.39, 0.29) is 18.1 Å². The first-order valence-corrected chi connectivity index (χ1v) is 8.94. The number of hydrogen-bond acceptors (Lipinski definition) is 6. The molecular formula is C22H19N3O5. The Kier molecular flexibility index (Phi) is 6.73. The number of carboxylic acids is 1. The van der Waals surface area contributed by atoms with Crippen LogP contribution >= 0.6 is 0 Å². The maximum atomic E-state index is 12.1. The minimum Gasteiger partial charge on any atom is -0.493 e. The zero-order valence-corrected chi connectivity index (χ0v) is 16.1. The van der Waals surface area contributed by atoms with Gasteiger partial charge in [-0.15, -0.1) is 0 Å². The number of aromatic nitrogens is 1. The molecule has 0 aliphatic heterocycles. The van der Waals surface area contributed by atoms with Crippen LogP contribution in [0, 0.1) is 0 Å². The van der Waals surface area contributed by atoms with Gasteiger partial charge in [-0.2, -0.15) is 5.10 Å². The topological polar surface area (TPSA) is 110 Å². The van der Waals surface area contributed by atoms with E-state index in [0.29, 0.717) is 22.6 Å². The van der Waals surface area contributed by atoms with Crippen LogP contribution in [-0.4, -0.2) is 35.3 Å². The lowest BCUT2D eigenvalue weighted by molar-refractivity contribution is 0.0696. The van der Waals surface area contributed by atoms with Crippen LogP contribution in [0.15, 0.2) is 72.1 Å². The van der Waals surface area contributed by atoms with E-state index >= 15 is 0 Å². The fourth-order valence-corrected chi connectivity index (χ4v) is 2.57. The Morgan fingerprint density at radius 1 is 1.10 bits per heavy atom. The van der Waals surface area contributed by atoms with Gasteiger partial charge in [-0.1, -0.05) is 18.2 Å². The fourth-order valence-electron chi connectivity index (χ4n) is 2.57. The van der Waals surface area contributed by atoms with Gasteiger partial charge in [0.2, 0.25) is 0 Å². The number of rotatable bonds is 8. The van der Waals surface area contributed by atoms with Crippen molar-refractivity contribution in [2.24, 2.45) is 5.10 Å². The molecule has 1 amide bonds. The average molecular weight is 405 g/mol. The van der Waals surface area contributed by atoms with Crippen molar-refractivity contribution < 1.29 is 24.2 Å². The maximum absolute atomic E-state index is 12.1. The molecule has 0 aliphatic rings. The van der Waals surface area contributed by atoms with Crippen molar-refractivity contribution in [2.75, 3.05) is 7.11 Å². The fraction of sp³-hybridized carbons (Fsp3) is 0.0909. The van der Waals surface area contributed by atoms with Gasteiger partial charge in [0.1, 0.15) is 6.61 Å². The third-order valence-electron chi connectivity index (χ3n) is 4.11. The summed E-state index contributed by atoms with van der Waals surface area (Å²) in [6.07, 6.45) is 4.48. The van der Waals surface area contributed by atoms with Crippen molar-refractivity contribution in [1.82, 2.24) is 10.4 Å². The predicted molar refractivity (Wildman–Crippen MR) is 110 cm³/mol. The zero-order chi connectivity index (χ0) is 21.3. The summed E-state index contributed by atoms with van der Waals surface area (Å²) in [5.74, 6) is -0.427. The summed E-state index contributed by atoms with van der Waals surface area (Å²) in [4.78, 5) is 26.9. The molecule has 0 radical (unpaired) electrons. The van der Waals surface area contributed by atoms with Crippen LogP contribution < -0.4 is 14.9 Å². The number of methoxy groups -OCH3 is 1. The zero-order valence-electron chi connectivity index (χ0n) is 16.1. The number of carboxylic acid groups (broad SMARTS) is 1. The Labute approximate surface area is 172 Å². The van der Waals surface area contributed by atoms with Crippen molar-refractivity contribution in [3.8, 4) is 11.5 Å². The Hall–Kier alpha value is -4.20. The second kappa shape index (κ2) is 9.83. The number of aromatic carboxylic acids is 1. The van der Waals surface area contributed by atoms with Crippen LogP contribution in [-0.2, 0) is 6.61 Å². The lowest BCUT2D eigenvalue weighted by Gasteiger charge is -2.13. The summed E-state index contributed by atoms with van der Waals surface area (Å²) >= 11 is 0. The first kappa shape index (κ1) is 20.5. The van der Waals surface area contributed by atoms with Gasteiger partial charge in [0, 0.05) is 18.0 Å². The van der Waals surface area contributed by atoms with Crippen LogP contribution in [0.2, 0.25) is 0 Å². The average Bonchev–Trinajstić information content (AvgIpc) is 2.78. The molecule has 0 spiro atoms. The number of hydrazone groups is 1. The molecule has 30 heavy (non-hydrogen) atoms. The Morgan fingerprint density at radius 3 is 2.57 bits per heavy atom. The molecule has 1 heterocycles. The third kappa shape index (κ3) is 5.20. The molecule has 0 saturated carbocycles. The van der Waals surface area contributed by atoms with Crippen LogP contribution in [0.1, 0.15) is 31.8 Å². The number of benzene rings is 2. The summed E-state index contributed by atoms with van der Waals surface area (Å²) < 4.78 is 11.3. The standard InChI is InChI=1S/C22H19N3O5/c1-29-19-6-2-4-17(13-24-25-21(26)18-5-3-11-23-12-18)20(19)30-14-15-7-9-16(10-8-15)22(27)28/h2-13H,14H2,1H3,(H,25,26)(H,27,28)/b24-13+. The SMILES string of the molecule is COc1cccc(/C=N/NC(=O)c2cccnc2)c1OCc1ccc(C(=O)O)cc1. The molecule has 0 atom stereocenters. The second-order valence-corrected chi connectivity index (χ2v) is 6.11. The Morgan fingerprint density at radius 2 is 1.90 bits per heavy atom. The molecule has 2 aromatic carbocycles. The van der Waals surface area contributed by atoms with E-state index in [1.807, 2.05) is 0 Å². The van der Waals surface area contributed by atoms with Gasteiger partial charge in [0.25, 0.3) is 5.91 Å². The molecule has 0 saturated heterocycles. The van der Waals surface area contributed by atoms with Crippen LogP contribution in [0.5, 0.6) is 11.5 Å². The lowest BCUT2D eigenvalue weighted by Crippen LogP contribution is -2.17. The largest absolute Gasteiger partial charge is 0.493 e. The van der Waals surface area contributed by atoms with E-state index in [9.17, 15) is 9.59 Å². The van der Waals surface area contributed by atoms with Crippen LogP contribution in [0.3, 0.4) is 0 Å². The number of nitrogens with zero attached hydrogens (tertiary/aromatic N) is 2. The number of pyridine rings is 1. The molecule has 3 aromatic rings. The molecule has 8 nitrogen and oxygen atoms in total. The Bertz CT molecular complexity index is 1050. The molecule has 0 bridgehead atoms. The van der Waals surface area contributed by atoms with E-state index in [1.54, 1.807) is 48.7 Å². The molecule has 0 fully saturated rings. The predicted octanol–water partition coefficient (Wildman–Crippen LogP) is 3.13. The first-order valence-electron chi connectivity index (χ1n) is 8.94. The molecule has 0 aliphatic carbocycles. The van der Waals surface area contributed by atoms with Crippen molar-refractivity contribution in [2.45, 2.75) is 6.61 Å². The summed E-state index contributed by atoms with van der Waals surface area (Å²) in [6.45, 7) is 0.198. The third-order valence-corrected chi connectivity index (χ3v) is 4.11. The van der Waals surface area contributed by atoms with Crippen molar-refractivity contribution in [1.29, 1.82) is 0 Å². The molecule has 8 heteroatoms. The highest BCUT2D eigenvalue weighted by Crippen LogP contribution is 2.30. The van der Waals surface area contributed by atoms with Gasteiger partial charge in [0.05, 0.1) is 24.5 Å². The van der Waals surface area contributed by atoms with Gasteiger partial charge in [0.15, 0.2) is 11.5 Å². The summed E-state index contributed by atoms with van der Waals surface area (Å²) in [7, 11) is 1.52. The second-order valence-electron chi connectivity index (χ2n) is 6.11. The van der Waals surface area contributed by atoms with E-state index in [1.165, 1.54) is 31.7 Å².